The van der Waals surface area contributed by atoms with Crippen LogP contribution in [0, 0.1) is 17.5 Å². The second-order valence-corrected chi connectivity index (χ2v) is 6.02. The molecule has 0 aliphatic carbocycles. The molecule has 0 saturated heterocycles. The second-order valence-electron chi connectivity index (χ2n) is 6.02. The number of guanidine groups is 1. The van der Waals surface area contributed by atoms with Crippen LogP contribution in [0.1, 0.15) is 18.1 Å². The summed E-state index contributed by atoms with van der Waals surface area (Å²) in [6, 6.07) is 6.18. The fraction of sp³-hybridized carbons (Fsp3) is 0.263. The summed E-state index contributed by atoms with van der Waals surface area (Å²) in [6.45, 7) is 1.62. The molecule has 2 aromatic carbocycles. The molecule has 3 N–H and O–H groups in total. The Morgan fingerprint density at radius 1 is 1.03 bits per heavy atom. The first kappa shape index (κ1) is 26.5. The van der Waals surface area contributed by atoms with Gasteiger partial charge in [-0.15, -0.1) is 24.0 Å². The molecule has 0 aromatic heterocycles. The maximum absolute atomic E-state index is 13.6. The number of amides is 1. The Bertz CT molecular complexity index is 936. The van der Waals surface area contributed by atoms with Crippen LogP contribution in [0.25, 0.3) is 0 Å². The van der Waals surface area contributed by atoms with E-state index in [-0.39, 0.29) is 36.5 Å². The van der Waals surface area contributed by atoms with Crippen molar-refractivity contribution in [2.75, 3.05) is 18.4 Å². The molecule has 0 heterocycles. The summed E-state index contributed by atoms with van der Waals surface area (Å²) < 4.78 is 78.1. The van der Waals surface area contributed by atoms with Crippen LogP contribution in [0.5, 0.6) is 0 Å². The number of nitrogens with one attached hydrogen (secondary N) is 3. The molecule has 0 atom stereocenters. The van der Waals surface area contributed by atoms with Crippen molar-refractivity contribution < 1.29 is 31.1 Å². The number of alkyl halides is 3. The molecule has 12 heteroatoms. The van der Waals surface area contributed by atoms with E-state index in [9.17, 15) is 31.1 Å². The summed E-state index contributed by atoms with van der Waals surface area (Å²) in [5, 5.41) is 7.50. The van der Waals surface area contributed by atoms with Gasteiger partial charge < -0.3 is 16.0 Å². The summed E-state index contributed by atoms with van der Waals surface area (Å²) in [5.74, 6) is -5.29. The Balaban J connectivity index is 0.00000480. The second kappa shape index (κ2) is 11.8. The van der Waals surface area contributed by atoms with Gasteiger partial charge in [-0.3, -0.25) is 4.79 Å². The summed E-state index contributed by atoms with van der Waals surface area (Å²) in [6.07, 6.45) is -4.48. The average molecular weight is 560 g/mol. The van der Waals surface area contributed by atoms with Crippen LogP contribution in [0.2, 0.25) is 0 Å². The maximum atomic E-state index is 13.6. The normalized spacial score (nSPS) is 11.5. The van der Waals surface area contributed by atoms with E-state index in [1.54, 1.807) is 6.92 Å². The lowest BCUT2D eigenvalue weighted by Crippen LogP contribution is -2.41. The minimum atomic E-state index is -4.48. The van der Waals surface area contributed by atoms with Gasteiger partial charge in [0.25, 0.3) is 0 Å². The smallest absolute Gasteiger partial charge is 0.357 e. The van der Waals surface area contributed by atoms with Crippen molar-refractivity contribution >= 4 is 41.5 Å². The average Bonchev–Trinajstić information content (AvgIpc) is 2.70. The quantitative estimate of drug-likeness (QED) is 0.161. The van der Waals surface area contributed by atoms with Crippen LogP contribution >= 0.6 is 24.0 Å². The number of anilines is 1. The third-order valence-electron chi connectivity index (χ3n) is 3.74. The number of rotatable bonds is 6. The number of nitrogens with zero attached hydrogens (tertiary/aromatic N) is 1. The highest BCUT2D eigenvalue weighted by molar-refractivity contribution is 14.0. The van der Waals surface area contributed by atoms with Crippen LogP contribution in [-0.4, -0.2) is 25.0 Å². The SMILES string of the molecule is CCNC(=NCc1cccc(C(F)(F)F)c1)NCC(=O)Nc1ccc(F)c(F)c1F.I. The molecule has 2 rings (SSSR count). The molecular formula is C19H19F6IN4O. The first-order chi connectivity index (χ1) is 14.1. The zero-order valence-electron chi connectivity index (χ0n) is 16.1. The van der Waals surface area contributed by atoms with E-state index in [0.29, 0.717) is 18.2 Å². The molecule has 5 nitrogen and oxygen atoms in total. The lowest BCUT2D eigenvalue weighted by atomic mass is 10.1. The Morgan fingerprint density at radius 2 is 1.74 bits per heavy atom. The molecule has 0 aliphatic heterocycles. The summed E-state index contributed by atoms with van der Waals surface area (Å²) >= 11 is 0. The Morgan fingerprint density at radius 3 is 2.39 bits per heavy atom. The number of aliphatic imine (C=N–C) groups is 1. The number of halogens is 7. The van der Waals surface area contributed by atoms with E-state index >= 15 is 0 Å². The standard InChI is InChI=1S/C19H18F6N4O.HI/c1-2-26-18(27-9-11-4-3-5-12(8-11)19(23,24)25)28-10-15(30)29-14-7-6-13(20)16(21)17(14)22;/h3-8H,2,9-10H2,1H3,(H,29,30)(H2,26,27,28);1H. The van der Waals surface area contributed by atoms with Crippen molar-refractivity contribution in [2.24, 2.45) is 4.99 Å². The lowest BCUT2D eigenvalue weighted by molar-refractivity contribution is -0.137. The van der Waals surface area contributed by atoms with Crippen LogP contribution in [0.3, 0.4) is 0 Å². The van der Waals surface area contributed by atoms with Gasteiger partial charge in [0.15, 0.2) is 23.4 Å². The highest BCUT2D eigenvalue weighted by Crippen LogP contribution is 2.29. The molecule has 0 unspecified atom stereocenters. The molecule has 1 amide bonds. The van der Waals surface area contributed by atoms with E-state index in [1.807, 2.05) is 0 Å². The van der Waals surface area contributed by atoms with Gasteiger partial charge in [0, 0.05) is 6.54 Å². The van der Waals surface area contributed by atoms with Gasteiger partial charge >= 0.3 is 6.18 Å². The molecule has 31 heavy (non-hydrogen) atoms. The van der Waals surface area contributed by atoms with Gasteiger partial charge in [0.2, 0.25) is 5.91 Å². The highest BCUT2D eigenvalue weighted by Gasteiger charge is 2.30. The zero-order chi connectivity index (χ0) is 22.3. The van der Waals surface area contributed by atoms with E-state index < -0.39 is 47.3 Å². The number of carbonyl (C=O) groups excluding carboxylic acids is 1. The van der Waals surface area contributed by atoms with Gasteiger partial charge in [-0.05, 0) is 36.8 Å². The summed E-state index contributed by atoms with van der Waals surface area (Å²) in [5.41, 5.74) is -1.04. The van der Waals surface area contributed by atoms with E-state index in [4.69, 9.17) is 0 Å². The zero-order valence-corrected chi connectivity index (χ0v) is 18.4. The van der Waals surface area contributed by atoms with Gasteiger partial charge in [-0.25, -0.2) is 18.2 Å². The molecular weight excluding hydrogens is 541 g/mol. The van der Waals surface area contributed by atoms with Crippen molar-refractivity contribution in [3.05, 3.63) is 65.0 Å². The van der Waals surface area contributed by atoms with Gasteiger partial charge in [-0.2, -0.15) is 13.2 Å². The van der Waals surface area contributed by atoms with E-state index in [1.165, 1.54) is 12.1 Å². The van der Waals surface area contributed by atoms with Crippen LogP contribution < -0.4 is 16.0 Å². The predicted octanol–water partition coefficient (Wildman–Crippen LogP) is 4.43. The topological polar surface area (TPSA) is 65.5 Å². The van der Waals surface area contributed by atoms with E-state index in [2.05, 4.69) is 20.9 Å². The Kier molecular flexibility index (Phi) is 10.1. The molecule has 0 spiro atoms. The van der Waals surface area contributed by atoms with Gasteiger partial charge in [0.1, 0.15) is 0 Å². The lowest BCUT2D eigenvalue weighted by Gasteiger charge is -2.12. The monoisotopic (exact) mass is 560 g/mol. The number of hydrogen-bond acceptors (Lipinski definition) is 2. The first-order valence-electron chi connectivity index (χ1n) is 8.73. The van der Waals surface area contributed by atoms with Crippen LogP contribution in [-0.2, 0) is 17.5 Å². The minimum absolute atomic E-state index is 0. The van der Waals surface area contributed by atoms with Crippen molar-refractivity contribution in [3.63, 3.8) is 0 Å². The molecule has 0 aliphatic rings. The third kappa shape index (κ3) is 7.92. The maximum Gasteiger partial charge on any atom is 0.416 e. The molecule has 170 valence electrons. The highest BCUT2D eigenvalue weighted by atomic mass is 127. The minimum Gasteiger partial charge on any atom is -0.357 e. The van der Waals surface area contributed by atoms with E-state index in [0.717, 1.165) is 18.2 Å². The van der Waals surface area contributed by atoms with Crippen molar-refractivity contribution in [1.29, 1.82) is 0 Å². The van der Waals surface area contributed by atoms with Gasteiger partial charge in [-0.1, -0.05) is 12.1 Å². The largest absolute Gasteiger partial charge is 0.416 e. The Labute approximate surface area is 191 Å². The molecule has 0 fully saturated rings. The molecule has 2 aromatic rings. The molecule has 0 bridgehead atoms. The third-order valence-corrected chi connectivity index (χ3v) is 3.74. The summed E-state index contributed by atoms with van der Waals surface area (Å²) in [4.78, 5) is 16.0. The summed E-state index contributed by atoms with van der Waals surface area (Å²) in [7, 11) is 0. The number of benzene rings is 2. The Hall–Kier alpha value is -2.51. The first-order valence-corrected chi connectivity index (χ1v) is 8.73. The fourth-order valence-corrected chi connectivity index (χ4v) is 2.34. The van der Waals surface area contributed by atoms with Crippen LogP contribution in [0.4, 0.5) is 32.0 Å². The fourth-order valence-electron chi connectivity index (χ4n) is 2.34. The molecule has 0 radical (unpaired) electrons. The van der Waals surface area contributed by atoms with Crippen molar-refractivity contribution in [2.45, 2.75) is 19.6 Å². The van der Waals surface area contributed by atoms with Crippen molar-refractivity contribution in [1.82, 2.24) is 10.6 Å². The molecule has 0 saturated carbocycles. The number of hydrogen-bond donors (Lipinski definition) is 3. The predicted molar refractivity (Wildman–Crippen MR) is 115 cm³/mol. The number of carbonyl (C=O) groups is 1. The van der Waals surface area contributed by atoms with Crippen LogP contribution in [0.15, 0.2) is 41.4 Å². The van der Waals surface area contributed by atoms with Crippen molar-refractivity contribution in [3.8, 4) is 0 Å². The van der Waals surface area contributed by atoms with Gasteiger partial charge in [0.05, 0.1) is 24.3 Å².